The van der Waals surface area contributed by atoms with Gasteiger partial charge in [-0.3, -0.25) is 4.68 Å². The van der Waals surface area contributed by atoms with E-state index in [1.807, 2.05) is 36.5 Å². The zero-order valence-electron chi connectivity index (χ0n) is 24.3. The summed E-state index contributed by atoms with van der Waals surface area (Å²) in [6.45, 7) is 6.96. The van der Waals surface area contributed by atoms with E-state index in [-0.39, 0.29) is 5.75 Å². The summed E-state index contributed by atoms with van der Waals surface area (Å²) in [5.74, 6) is 1.13. The van der Waals surface area contributed by atoms with E-state index < -0.39 is 0 Å². The Balaban J connectivity index is 0.991. The highest BCUT2D eigenvalue weighted by Crippen LogP contribution is 2.36. The number of hydrogen-bond acceptors (Lipinski definition) is 8. The van der Waals surface area contributed by atoms with Gasteiger partial charge in [0.15, 0.2) is 5.82 Å². The second kappa shape index (κ2) is 12.3. The van der Waals surface area contributed by atoms with Crippen LogP contribution in [0.25, 0.3) is 23.4 Å². The van der Waals surface area contributed by atoms with Gasteiger partial charge in [0.05, 0.1) is 30.1 Å². The summed E-state index contributed by atoms with van der Waals surface area (Å²) in [4.78, 5) is 5.10. The predicted molar refractivity (Wildman–Crippen MR) is 162 cm³/mol. The van der Waals surface area contributed by atoms with E-state index in [0.29, 0.717) is 47.3 Å². The summed E-state index contributed by atoms with van der Waals surface area (Å²) < 4.78 is 8.52. The number of nitrogens with zero attached hydrogens (tertiary/aromatic N) is 6. The molecular weight excluding hydrogens is 514 g/mol. The van der Waals surface area contributed by atoms with Crippen molar-refractivity contribution in [2.75, 3.05) is 39.0 Å². The second-order valence-corrected chi connectivity index (χ2v) is 12.2. The van der Waals surface area contributed by atoms with Gasteiger partial charge in [-0.05, 0) is 89.7 Å². The molecule has 0 spiro atoms. The van der Waals surface area contributed by atoms with E-state index in [2.05, 4.69) is 44.8 Å². The van der Waals surface area contributed by atoms with E-state index in [4.69, 9.17) is 15.6 Å². The van der Waals surface area contributed by atoms with Gasteiger partial charge >= 0.3 is 0 Å². The summed E-state index contributed by atoms with van der Waals surface area (Å²) >= 11 is 0. The molecule has 3 aromatic rings. The molecule has 2 aromatic heterocycles. The lowest BCUT2D eigenvalue weighted by Gasteiger charge is -2.47. The molecule has 3 N–H and O–H groups in total. The van der Waals surface area contributed by atoms with Crippen LogP contribution in [-0.2, 0) is 4.74 Å². The van der Waals surface area contributed by atoms with Crippen LogP contribution in [0.5, 0.6) is 5.75 Å². The summed E-state index contributed by atoms with van der Waals surface area (Å²) in [5, 5.41) is 23.1. The molecule has 1 aliphatic carbocycles. The normalized spacial score (nSPS) is 24.0. The van der Waals surface area contributed by atoms with Crippen molar-refractivity contribution in [3.63, 3.8) is 0 Å². The first-order chi connectivity index (χ1) is 19.9. The summed E-state index contributed by atoms with van der Waals surface area (Å²) in [5.41, 5.74) is 9.07. The fraction of sp³-hybridized carbons (Fsp3) is 0.531. The van der Waals surface area contributed by atoms with Gasteiger partial charge in [0.1, 0.15) is 5.75 Å². The molecule has 0 bridgehead atoms. The van der Waals surface area contributed by atoms with Crippen LogP contribution in [0.4, 0.5) is 5.82 Å². The summed E-state index contributed by atoms with van der Waals surface area (Å²) in [6.07, 6.45) is 16.1. The number of ether oxygens (including phenoxy) is 1. The fourth-order valence-electron chi connectivity index (χ4n) is 6.54. The quantitative estimate of drug-likeness (QED) is 0.410. The third-order valence-corrected chi connectivity index (χ3v) is 9.42. The molecule has 41 heavy (non-hydrogen) atoms. The Kier molecular flexibility index (Phi) is 8.37. The van der Waals surface area contributed by atoms with Gasteiger partial charge in [-0.15, -0.1) is 10.2 Å². The maximum absolute atomic E-state index is 10.2. The van der Waals surface area contributed by atoms with E-state index in [9.17, 15) is 5.11 Å². The van der Waals surface area contributed by atoms with Crippen LogP contribution in [0.15, 0.2) is 42.7 Å². The van der Waals surface area contributed by atoms with E-state index in [1.54, 1.807) is 12.1 Å². The van der Waals surface area contributed by atoms with E-state index in [0.717, 1.165) is 11.1 Å². The first-order valence-corrected chi connectivity index (χ1v) is 15.1. The van der Waals surface area contributed by atoms with Gasteiger partial charge in [0.25, 0.3) is 0 Å². The Hall–Kier alpha value is -3.27. The highest BCUT2D eigenvalue weighted by atomic mass is 16.5. The minimum atomic E-state index is 0.163. The number of aromatic hydroxyl groups is 1. The summed E-state index contributed by atoms with van der Waals surface area (Å²) in [7, 11) is 2.20. The molecule has 9 heteroatoms. The third-order valence-electron chi connectivity index (χ3n) is 9.42. The smallest absolute Gasteiger partial charge is 0.153 e. The molecule has 1 saturated carbocycles. The van der Waals surface area contributed by atoms with Gasteiger partial charge in [-0.25, -0.2) is 0 Å². The number of nitrogens with two attached hydrogens (primary N) is 1. The maximum Gasteiger partial charge on any atom is 0.153 e. The number of hydrogen-bond donors (Lipinski definition) is 2. The third kappa shape index (κ3) is 6.47. The predicted octanol–water partition coefficient (Wildman–Crippen LogP) is 4.71. The lowest BCUT2D eigenvalue weighted by molar-refractivity contribution is -0.106. The zero-order valence-corrected chi connectivity index (χ0v) is 24.3. The molecule has 2 saturated heterocycles. The molecule has 6 rings (SSSR count). The molecule has 1 atom stereocenters. The number of anilines is 1. The van der Waals surface area contributed by atoms with Crippen molar-refractivity contribution < 1.29 is 9.84 Å². The molecule has 4 heterocycles. The molecule has 218 valence electrons. The van der Waals surface area contributed by atoms with Crippen LogP contribution < -0.4 is 5.73 Å². The average Bonchev–Trinajstić information content (AvgIpc) is 3.44. The average molecular weight is 558 g/mol. The Labute approximate surface area is 243 Å². The van der Waals surface area contributed by atoms with Crippen LogP contribution in [0.2, 0.25) is 0 Å². The Bertz CT molecular complexity index is 1340. The fourth-order valence-corrected chi connectivity index (χ4v) is 6.54. The molecule has 1 unspecified atom stereocenters. The number of rotatable bonds is 8. The monoisotopic (exact) mass is 557 g/mol. The summed E-state index contributed by atoms with van der Waals surface area (Å²) in [6, 6.07) is 9.98. The van der Waals surface area contributed by atoms with Crippen molar-refractivity contribution in [1.82, 2.24) is 29.8 Å². The number of phenols is 1. The SMILES string of the molecule is CC(C1CCN([C@H]2C[C@H](OC3CCN(C)CC3)C2)CC1)n1cc(/C=C/c2cc(-c3ccccc3O)nnc2N)cn1. The van der Waals surface area contributed by atoms with Gasteiger partial charge in [-0.2, -0.15) is 5.10 Å². The van der Waals surface area contributed by atoms with Crippen LogP contribution in [0.1, 0.15) is 62.6 Å². The number of benzene rings is 1. The standard InChI is InChI=1S/C32H43N7O2/c1-22(24-9-15-38(16-10-24)26-18-28(19-26)41-27-11-13-37(2)14-12-27)39-21-23(20-34-39)7-8-25-17-30(35-36-32(25)33)29-5-3-4-6-31(29)40/h3-8,17,20-22,24,26-28,40H,9-16,18-19H2,1-2H3,(H2,33,36)/b8-7+/t22?,26-,28-. The van der Waals surface area contributed by atoms with Crippen LogP contribution >= 0.6 is 0 Å². The van der Waals surface area contributed by atoms with E-state index >= 15 is 0 Å². The highest BCUT2D eigenvalue weighted by Gasteiger charge is 2.38. The van der Waals surface area contributed by atoms with Gasteiger partial charge < -0.3 is 25.4 Å². The van der Waals surface area contributed by atoms with Gasteiger partial charge in [-0.1, -0.05) is 24.3 Å². The van der Waals surface area contributed by atoms with Crippen LogP contribution in [0, 0.1) is 5.92 Å². The first kappa shape index (κ1) is 27.9. The maximum atomic E-state index is 10.2. The molecule has 0 radical (unpaired) electrons. The zero-order chi connectivity index (χ0) is 28.3. The molecule has 9 nitrogen and oxygen atoms in total. The van der Waals surface area contributed by atoms with Crippen molar-refractivity contribution in [1.29, 1.82) is 0 Å². The second-order valence-electron chi connectivity index (χ2n) is 12.2. The lowest BCUT2D eigenvalue weighted by Crippen LogP contribution is -2.52. The number of likely N-dealkylation sites (tertiary alicyclic amines) is 2. The minimum Gasteiger partial charge on any atom is -0.507 e. The van der Waals surface area contributed by atoms with Crippen molar-refractivity contribution in [3.05, 3.63) is 53.9 Å². The largest absolute Gasteiger partial charge is 0.507 e. The lowest BCUT2D eigenvalue weighted by atomic mass is 9.83. The molecular formula is C32H43N7O2. The van der Waals surface area contributed by atoms with Crippen molar-refractivity contribution in [3.8, 4) is 17.0 Å². The number of piperidine rings is 2. The molecule has 0 amide bonds. The molecule has 1 aromatic carbocycles. The Morgan fingerprint density at radius 3 is 2.51 bits per heavy atom. The Morgan fingerprint density at radius 2 is 1.76 bits per heavy atom. The van der Waals surface area contributed by atoms with Crippen molar-refractivity contribution in [2.45, 2.75) is 69.7 Å². The van der Waals surface area contributed by atoms with Crippen LogP contribution in [-0.4, -0.2) is 86.4 Å². The van der Waals surface area contributed by atoms with Crippen LogP contribution in [0.3, 0.4) is 0 Å². The van der Waals surface area contributed by atoms with Gasteiger partial charge in [0.2, 0.25) is 0 Å². The first-order valence-electron chi connectivity index (χ1n) is 15.1. The Morgan fingerprint density at radius 1 is 1.00 bits per heavy atom. The number of para-hydroxylation sites is 1. The number of nitrogen functional groups attached to an aromatic ring is 1. The molecule has 3 aliphatic rings. The highest BCUT2D eigenvalue weighted by molar-refractivity contribution is 5.77. The topological polar surface area (TPSA) is 106 Å². The molecule has 2 aliphatic heterocycles. The minimum absolute atomic E-state index is 0.163. The van der Waals surface area contributed by atoms with Gasteiger partial charge in [0, 0.05) is 42.0 Å². The van der Waals surface area contributed by atoms with Crippen molar-refractivity contribution in [2.24, 2.45) is 5.92 Å². The number of aromatic nitrogens is 4. The number of phenolic OH excluding ortho intramolecular Hbond substituents is 1. The molecule has 3 fully saturated rings. The van der Waals surface area contributed by atoms with E-state index in [1.165, 1.54) is 64.7 Å². The van der Waals surface area contributed by atoms with Crippen molar-refractivity contribution >= 4 is 18.0 Å².